The molecular weight excluding hydrogens is 256 g/mol. The van der Waals surface area contributed by atoms with Crippen molar-refractivity contribution in [2.75, 3.05) is 26.9 Å². The third-order valence-electron chi connectivity index (χ3n) is 4.04. The standard InChI is InChI=1S/C15H20N2O3/c1-17(12-4-6-16-7-5-12)15(18)9-11-2-3-13-14(8-11)20-10-19-13/h2-3,8,12,16H,4-7,9-10H2,1H3. The topological polar surface area (TPSA) is 50.8 Å². The molecule has 2 aliphatic heterocycles. The zero-order chi connectivity index (χ0) is 13.9. The van der Waals surface area contributed by atoms with Crippen molar-refractivity contribution >= 4 is 5.91 Å². The second-order valence-corrected chi connectivity index (χ2v) is 5.35. The van der Waals surface area contributed by atoms with E-state index in [9.17, 15) is 4.79 Å². The number of nitrogens with one attached hydrogen (secondary N) is 1. The van der Waals surface area contributed by atoms with Gasteiger partial charge in [-0.25, -0.2) is 0 Å². The number of carbonyl (C=O) groups is 1. The molecule has 108 valence electrons. The van der Waals surface area contributed by atoms with Gasteiger partial charge in [0.25, 0.3) is 0 Å². The molecule has 0 atom stereocenters. The van der Waals surface area contributed by atoms with Crippen molar-refractivity contribution in [3.8, 4) is 11.5 Å². The van der Waals surface area contributed by atoms with E-state index in [0.29, 0.717) is 12.5 Å². The van der Waals surface area contributed by atoms with Crippen LogP contribution < -0.4 is 14.8 Å². The Bertz CT molecular complexity index is 498. The zero-order valence-corrected chi connectivity index (χ0v) is 11.7. The molecule has 5 nitrogen and oxygen atoms in total. The fourth-order valence-corrected chi connectivity index (χ4v) is 2.75. The summed E-state index contributed by atoms with van der Waals surface area (Å²) in [5.41, 5.74) is 0.972. The van der Waals surface area contributed by atoms with Gasteiger partial charge in [0.1, 0.15) is 0 Å². The Morgan fingerprint density at radius 1 is 1.30 bits per heavy atom. The molecule has 1 aromatic rings. The first-order valence-electron chi connectivity index (χ1n) is 7.09. The molecule has 3 rings (SSSR count). The smallest absolute Gasteiger partial charge is 0.231 e. The van der Waals surface area contributed by atoms with Crippen molar-refractivity contribution < 1.29 is 14.3 Å². The maximum atomic E-state index is 12.3. The number of hydrogen-bond acceptors (Lipinski definition) is 4. The van der Waals surface area contributed by atoms with E-state index in [4.69, 9.17) is 9.47 Å². The molecule has 0 aliphatic carbocycles. The summed E-state index contributed by atoms with van der Waals surface area (Å²) < 4.78 is 10.6. The van der Waals surface area contributed by atoms with Crippen LogP contribution in [0.15, 0.2) is 18.2 Å². The summed E-state index contributed by atoms with van der Waals surface area (Å²) >= 11 is 0. The van der Waals surface area contributed by atoms with Gasteiger partial charge in [0, 0.05) is 13.1 Å². The number of carbonyl (C=O) groups excluding carboxylic acids is 1. The number of ether oxygens (including phenoxy) is 2. The van der Waals surface area contributed by atoms with Crippen LogP contribution in [0, 0.1) is 0 Å². The zero-order valence-electron chi connectivity index (χ0n) is 11.7. The number of hydrogen-bond donors (Lipinski definition) is 1. The van der Waals surface area contributed by atoms with Gasteiger partial charge in [-0.3, -0.25) is 4.79 Å². The first kappa shape index (κ1) is 13.2. The van der Waals surface area contributed by atoms with Gasteiger partial charge in [-0.05, 0) is 43.6 Å². The molecule has 2 aliphatic rings. The number of nitrogens with zero attached hydrogens (tertiary/aromatic N) is 1. The minimum absolute atomic E-state index is 0.163. The van der Waals surface area contributed by atoms with Crippen molar-refractivity contribution in [2.24, 2.45) is 0 Å². The molecular formula is C15H20N2O3. The average Bonchev–Trinajstić information content (AvgIpc) is 2.95. The van der Waals surface area contributed by atoms with Gasteiger partial charge in [-0.2, -0.15) is 0 Å². The van der Waals surface area contributed by atoms with E-state index in [2.05, 4.69) is 5.32 Å². The molecule has 0 spiro atoms. The van der Waals surface area contributed by atoms with Crippen molar-refractivity contribution in [2.45, 2.75) is 25.3 Å². The summed E-state index contributed by atoms with van der Waals surface area (Å²) in [6.45, 7) is 2.25. The highest BCUT2D eigenvalue weighted by molar-refractivity contribution is 5.79. The lowest BCUT2D eigenvalue weighted by molar-refractivity contribution is -0.131. The van der Waals surface area contributed by atoms with Gasteiger partial charge in [0.05, 0.1) is 6.42 Å². The summed E-state index contributed by atoms with van der Waals surface area (Å²) in [5, 5.41) is 3.32. The van der Waals surface area contributed by atoms with Crippen molar-refractivity contribution in [3.05, 3.63) is 23.8 Å². The fraction of sp³-hybridized carbons (Fsp3) is 0.533. The first-order valence-corrected chi connectivity index (χ1v) is 7.09. The molecule has 2 heterocycles. The predicted molar refractivity (Wildman–Crippen MR) is 74.9 cm³/mol. The summed E-state index contributed by atoms with van der Waals surface area (Å²) in [6, 6.07) is 6.06. The third kappa shape index (κ3) is 2.72. The Balaban J connectivity index is 1.63. The number of piperidine rings is 1. The lowest BCUT2D eigenvalue weighted by Crippen LogP contribution is -2.44. The molecule has 1 fully saturated rings. The minimum Gasteiger partial charge on any atom is -0.454 e. The van der Waals surface area contributed by atoms with Crippen LogP contribution in [0.3, 0.4) is 0 Å². The molecule has 0 aromatic heterocycles. The third-order valence-corrected chi connectivity index (χ3v) is 4.04. The highest BCUT2D eigenvalue weighted by Crippen LogP contribution is 2.32. The molecule has 20 heavy (non-hydrogen) atoms. The maximum absolute atomic E-state index is 12.3. The van der Waals surface area contributed by atoms with Gasteiger partial charge >= 0.3 is 0 Å². The Hall–Kier alpha value is -1.75. The molecule has 1 saturated heterocycles. The van der Waals surface area contributed by atoms with E-state index in [-0.39, 0.29) is 12.7 Å². The number of rotatable bonds is 3. The molecule has 1 amide bonds. The average molecular weight is 276 g/mol. The molecule has 1 aromatic carbocycles. The summed E-state index contributed by atoms with van der Waals surface area (Å²) in [5.74, 6) is 1.66. The Morgan fingerprint density at radius 2 is 2.05 bits per heavy atom. The summed E-state index contributed by atoms with van der Waals surface area (Å²) in [6.07, 6.45) is 2.48. The SMILES string of the molecule is CN(C(=O)Cc1ccc2c(c1)OCO2)C1CCNCC1. The fourth-order valence-electron chi connectivity index (χ4n) is 2.75. The molecule has 0 radical (unpaired) electrons. The van der Waals surface area contributed by atoms with Crippen LogP contribution >= 0.6 is 0 Å². The summed E-state index contributed by atoms with van der Waals surface area (Å²) in [4.78, 5) is 14.2. The Morgan fingerprint density at radius 3 is 2.85 bits per heavy atom. The second-order valence-electron chi connectivity index (χ2n) is 5.35. The van der Waals surface area contributed by atoms with Gasteiger partial charge < -0.3 is 19.7 Å². The highest BCUT2D eigenvalue weighted by atomic mass is 16.7. The highest BCUT2D eigenvalue weighted by Gasteiger charge is 2.22. The Labute approximate surface area is 118 Å². The van der Waals surface area contributed by atoms with Gasteiger partial charge in [0.2, 0.25) is 12.7 Å². The first-order chi connectivity index (χ1) is 9.74. The molecule has 0 saturated carbocycles. The molecule has 1 N–H and O–H groups in total. The maximum Gasteiger partial charge on any atom is 0.231 e. The lowest BCUT2D eigenvalue weighted by atomic mass is 10.0. The van der Waals surface area contributed by atoms with Crippen LogP contribution in [0.1, 0.15) is 18.4 Å². The van der Waals surface area contributed by atoms with E-state index in [1.54, 1.807) is 0 Å². The number of fused-ring (bicyclic) bond motifs is 1. The van der Waals surface area contributed by atoms with Crippen LogP contribution in [0.2, 0.25) is 0 Å². The number of benzene rings is 1. The Kier molecular flexibility index (Phi) is 3.78. The number of amides is 1. The summed E-state index contributed by atoms with van der Waals surface area (Å²) in [7, 11) is 1.91. The van der Waals surface area contributed by atoms with E-state index in [1.807, 2.05) is 30.1 Å². The van der Waals surface area contributed by atoms with Crippen LogP contribution in [0.5, 0.6) is 11.5 Å². The predicted octanol–water partition coefficient (Wildman–Crippen LogP) is 1.17. The van der Waals surface area contributed by atoms with E-state index in [1.165, 1.54) is 0 Å². The van der Waals surface area contributed by atoms with E-state index >= 15 is 0 Å². The van der Waals surface area contributed by atoms with Crippen LogP contribution in [0.25, 0.3) is 0 Å². The quantitative estimate of drug-likeness (QED) is 0.900. The molecule has 0 unspecified atom stereocenters. The largest absolute Gasteiger partial charge is 0.454 e. The normalized spacial score (nSPS) is 18.1. The van der Waals surface area contributed by atoms with E-state index < -0.39 is 0 Å². The monoisotopic (exact) mass is 276 g/mol. The number of likely N-dealkylation sites (N-methyl/N-ethyl adjacent to an activating group) is 1. The van der Waals surface area contributed by atoms with E-state index in [0.717, 1.165) is 43.0 Å². The second kappa shape index (κ2) is 5.71. The lowest BCUT2D eigenvalue weighted by Gasteiger charge is -2.31. The van der Waals surface area contributed by atoms with Crippen LogP contribution in [-0.2, 0) is 11.2 Å². The minimum atomic E-state index is 0.163. The van der Waals surface area contributed by atoms with Gasteiger partial charge in [-0.1, -0.05) is 6.07 Å². The van der Waals surface area contributed by atoms with Gasteiger partial charge in [0.15, 0.2) is 11.5 Å². The van der Waals surface area contributed by atoms with Crippen molar-refractivity contribution in [1.82, 2.24) is 10.2 Å². The van der Waals surface area contributed by atoms with Crippen LogP contribution in [0.4, 0.5) is 0 Å². The van der Waals surface area contributed by atoms with Crippen molar-refractivity contribution in [3.63, 3.8) is 0 Å². The van der Waals surface area contributed by atoms with Crippen LogP contribution in [-0.4, -0.2) is 43.8 Å². The van der Waals surface area contributed by atoms with Crippen molar-refractivity contribution in [1.29, 1.82) is 0 Å². The van der Waals surface area contributed by atoms with Gasteiger partial charge in [-0.15, -0.1) is 0 Å². The molecule has 5 heteroatoms. The molecule has 0 bridgehead atoms.